The monoisotopic (exact) mass is 181 g/mol. The molecule has 0 aromatic carbocycles. The highest BCUT2D eigenvalue weighted by Crippen LogP contribution is 1.93. The van der Waals surface area contributed by atoms with Gasteiger partial charge in [-0.05, 0) is 12.2 Å². The molecule has 1 heterocycles. The van der Waals surface area contributed by atoms with E-state index in [1.54, 1.807) is 18.4 Å². The molecule has 2 N–H and O–H groups in total. The van der Waals surface area contributed by atoms with Crippen molar-refractivity contribution < 1.29 is 4.74 Å². The molecule has 2 nitrogen and oxygen atoms in total. The number of ether oxygens (including phenoxy) is 1. The molecule has 0 bridgehead atoms. The molecule has 1 unspecified atom stereocenters. The van der Waals surface area contributed by atoms with Gasteiger partial charge in [-0.3, -0.25) is 5.73 Å². The first-order valence-electron chi connectivity index (χ1n) is 3.64. The van der Waals surface area contributed by atoms with Gasteiger partial charge < -0.3 is 4.74 Å². The lowest BCUT2D eigenvalue weighted by atomic mass is 10.4. The summed E-state index contributed by atoms with van der Waals surface area (Å²) in [4.78, 5) is 0. The fourth-order valence-electron chi connectivity index (χ4n) is 0.400. The van der Waals surface area contributed by atoms with Gasteiger partial charge in [-0.25, -0.2) is 0 Å². The first-order chi connectivity index (χ1) is 6.39. The number of hydrogen-bond acceptors (Lipinski definition) is 2. The molecule has 0 spiro atoms. The van der Waals surface area contributed by atoms with Gasteiger partial charge >= 0.3 is 0 Å². The van der Waals surface area contributed by atoms with Gasteiger partial charge in [0, 0.05) is 0 Å². The van der Waals surface area contributed by atoms with E-state index in [2.05, 4.69) is 39.5 Å². The Hall–Kier alpha value is -1.54. The second-order valence-electron chi connectivity index (χ2n) is 1.31. The third-order valence-electron chi connectivity index (χ3n) is 0.726. The van der Waals surface area contributed by atoms with Gasteiger partial charge in [-0.1, -0.05) is 6.08 Å². The SMILES string of the molecule is C=C.C=C.C=C.NC1C=CC=CO1. The van der Waals surface area contributed by atoms with Gasteiger partial charge in [0.1, 0.15) is 0 Å². The zero-order valence-corrected chi connectivity index (χ0v) is 8.11. The Balaban J connectivity index is -0.000000144. The molecule has 0 amide bonds. The average Bonchev–Trinajstić information content (AvgIpc) is 2.28. The molecule has 13 heavy (non-hydrogen) atoms. The second kappa shape index (κ2) is 22.4. The molecule has 1 aliphatic heterocycles. The molecule has 0 radical (unpaired) electrons. The van der Waals surface area contributed by atoms with Crippen LogP contribution in [0.3, 0.4) is 0 Å². The van der Waals surface area contributed by atoms with Gasteiger partial charge in [0.05, 0.1) is 6.26 Å². The molecule has 74 valence electrons. The van der Waals surface area contributed by atoms with Gasteiger partial charge in [-0.2, -0.15) is 0 Å². The Morgan fingerprint density at radius 2 is 1.38 bits per heavy atom. The van der Waals surface area contributed by atoms with Crippen molar-refractivity contribution in [2.24, 2.45) is 5.73 Å². The number of nitrogens with two attached hydrogens (primary N) is 1. The fourth-order valence-corrected chi connectivity index (χ4v) is 0.400. The van der Waals surface area contributed by atoms with E-state index >= 15 is 0 Å². The second-order valence-corrected chi connectivity index (χ2v) is 1.31. The topological polar surface area (TPSA) is 35.2 Å². The highest BCUT2D eigenvalue weighted by atomic mass is 16.5. The minimum absolute atomic E-state index is 0.231. The maximum absolute atomic E-state index is 5.27. The summed E-state index contributed by atoms with van der Waals surface area (Å²) in [6, 6.07) is 0. The van der Waals surface area contributed by atoms with E-state index < -0.39 is 0 Å². The standard InChI is InChI=1S/C5H7NO.3C2H4/c6-5-3-1-2-4-7-5;3*1-2/h1-5H,6H2;3*1-2H2. The zero-order chi connectivity index (χ0) is 11.1. The summed E-state index contributed by atoms with van der Waals surface area (Å²) in [6.07, 6.45) is 6.77. The molecule has 0 fully saturated rings. The summed E-state index contributed by atoms with van der Waals surface area (Å²) in [5.74, 6) is 0. The normalized spacial score (nSPS) is 15.6. The van der Waals surface area contributed by atoms with Crippen molar-refractivity contribution in [3.63, 3.8) is 0 Å². The molecule has 1 aliphatic rings. The first-order valence-corrected chi connectivity index (χ1v) is 3.64. The molecule has 0 aromatic rings. The van der Waals surface area contributed by atoms with Crippen molar-refractivity contribution in [3.05, 3.63) is 64.0 Å². The Morgan fingerprint density at radius 3 is 1.54 bits per heavy atom. The van der Waals surface area contributed by atoms with Crippen LogP contribution in [0.25, 0.3) is 0 Å². The Bertz CT molecular complexity index is 136. The zero-order valence-electron chi connectivity index (χ0n) is 8.11. The summed E-state index contributed by atoms with van der Waals surface area (Å²) in [5.41, 5.74) is 5.27. The van der Waals surface area contributed by atoms with E-state index in [0.29, 0.717) is 0 Å². The maximum Gasteiger partial charge on any atom is 0.166 e. The van der Waals surface area contributed by atoms with Crippen molar-refractivity contribution in [1.82, 2.24) is 0 Å². The van der Waals surface area contributed by atoms with Crippen LogP contribution < -0.4 is 5.73 Å². The molecule has 2 heteroatoms. The minimum Gasteiger partial charge on any atom is -0.480 e. The van der Waals surface area contributed by atoms with Crippen molar-refractivity contribution >= 4 is 0 Å². The van der Waals surface area contributed by atoms with Gasteiger partial charge in [0.2, 0.25) is 0 Å². The molecule has 0 saturated heterocycles. The predicted octanol–water partition coefficient (Wildman–Crippen LogP) is 2.78. The van der Waals surface area contributed by atoms with Crippen LogP contribution >= 0.6 is 0 Å². The van der Waals surface area contributed by atoms with E-state index in [1.165, 1.54) is 0 Å². The van der Waals surface area contributed by atoms with E-state index in [0.717, 1.165) is 0 Å². The Labute approximate surface area is 81.4 Å². The van der Waals surface area contributed by atoms with E-state index in [9.17, 15) is 0 Å². The van der Waals surface area contributed by atoms with E-state index in [-0.39, 0.29) is 6.23 Å². The quantitative estimate of drug-likeness (QED) is 0.583. The summed E-state index contributed by atoms with van der Waals surface area (Å²) < 4.78 is 4.79. The Morgan fingerprint density at radius 1 is 0.923 bits per heavy atom. The highest BCUT2D eigenvalue weighted by molar-refractivity contribution is 5.05. The third kappa shape index (κ3) is 17.9. The van der Waals surface area contributed by atoms with Crippen molar-refractivity contribution in [2.75, 3.05) is 0 Å². The molecule has 0 aliphatic carbocycles. The maximum atomic E-state index is 5.27. The first kappa shape index (κ1) is 17.5. The van der Waals surface area contributed by atoms with E-state index in [4.69, 9.17) is 10.5 Å². The summed E-state index contributed by atoms with van der Waals surface area (Å²) in [7, 11) is 0. The van der Waals surface area contributed by atoms with Gasteiger partial charge in [0.25, 0.3) is 0 Å². The fraction of sp³-hybridized carbons (Fsp3) is 0.0909. The molecule has 0 aromatic heterocycles. The summed E-state index contributed by atoms with van der Waals surface area (Å²) in [5, 5.41) is 0. The third-order valence-corrected chi connectivity index (χ3v) is 0.726. The Kier molecular flexibility index (Phi) is 30.2. The van der Waals surface area contributed by atoms with Crippen LogP contribution in [0, 0.1) is 0 Å². The number of hydrogen-bond donors (Lipinski definition) is 1. The lowest BCUT2D eigenvalue weighted by Crippen LogP contribution is -2.19. The van der Waals surface area contributed by atoms with Crippen LogP contribution in [0.2, 0.25) is 0 Å². The van der Waals surface area contributed by atoms with Crippen LogP contribution in [0.4, 0.5) is 0 Å². The number of allylic oxidation sites excluding steroid dienone is 2. The smallest absolute Gasteiger partial charge is 0.166 e. The van der Waals surface area contributed by atoms with Crippen molar-refractivity contribution in [1.29, 1.82) is 0 Å². The van der Waals surface area contributed by atoms with Crippen LogP contribution in [0.15, 0.2) is 64.0 Å². The highest BCUT2D eigenvalue weighted by Gasteiger charge is 1.92. The van der Waals surface area contributed by atoms with Crippen LogP contribution in [0.1, 0.15) is 0 Å². The van der Waals surface area contributed by atoms with Crippen LogP contribution in [-0.2, 0) is 4.74 Å². The van der Waals surface area contributed by atoms with Crippen LogP contribution in [0.5, 0.6) is 0 Å². The summed E-state index contributed by atoms with van der Waals surface area (Å²) >= 11 is 0. The van der Waals surface area contributed by atoms with Crippen molar-refractivity contribution in [3.8, 4) is 0 Å². The predicted molar refractivity (Wildman–Crippen MR) is 61.1 cm³/mol. The lowest BCUT2D eigenvalue weighted by molar-refractivity contribution is 0.190. The van der Waals surface area contributed by atoms with Gasteiger partial charge in [-0.15, -0.1) is 39.5 Å². The number of rotatable bonds is 0. The molecule has 1 rings (SSSR count). The van der Waals surface area contributed by atoms with Crippen LogP contribution in [-0.4, -0.2) is 6.23 Å². The van der Waals surface area contributed by atoms with Crippen molar-refractivity contribution in [2.45, 2.75) is 6.23 Å². The summed E-state index contributed by atoms with van der Waals surface area (Å²) in [6.45, 7) is 18.0. The minimum atomic E-state index is -0.231. The molecule has 0 saturated carbocycles. The molecule has 1 atom stereocenters. The molecular weight excluding hydrogens is 162 g/mol. The average molecular weight is 181 g/mol. The molecular formula is C11H19NO. The van der Waals surface area contributed by atoms with Gasteiger partial charge in [0.15, 0.2) is 6.23 Å². The lowest BCUT2D eigenvalue weighted by Gasteiger charge is -2.06. The largest absolute Gasteiger partial charge is 0.480 e. The van der Waals surface area contributed by atoms with E-state index in [1.807, 2.05) is 6.08 Å².